The minimum absolute atomic E-state index is 0.00374. The second-order valence-corrected chi connectivity index (χ2v) is 9.48. The number of hydrogen-bond donors (Lipinski definition) is 4. The molecule has 0 amide bonds. The maximum absolute atomic E-state index is 12.7. The number of aromatic amines is 1. The number of nitrogens with two attached hydrogens (primary N) is 2. The fourth-order valence-electron chi connectivity index (χ4n) is 4.36. The van der Waals surface area contributed by atoms with Gasteiger partial charge in [0.05, 0.1) is 5.02 Å². The lowest BCUT2D eigenvalue weighted by Gasteiger charge is -2.15. The van der Waals surface area contributed by atoms with Crippen LogP contribution in [-0.4, -0.2) is 40.2 Å². The quantitative estimate of drug-likeness (QED) is 0.169. The van der Waals surface area contributed by atoms with E-state index in [1.165, 1.54) is 12.8 Å². The number of carboxylic acid groups (broad SMARTS) is 1. The van der Waals surface area contributed by atoms with Crippen molar-refractivity contribution in [1.82, 2.24) is 10.1 Å². The zero-order valence-electron chi connectivity index (χ0n) is 19.4. The second kappa shape index (κ2) is 11.0. The molecule has 35 heavy (non-hydrogen) atoms. The molecular weight excluding hydrogens is 470 g/mol. The molecular formula is C25H30ClN5O4. The zero-order chi connectivity index (χ0) is 24.9. The van der Waals surface area contributed by atoms with Gasteiger partial charge in [-0.05, 0) is 61.3 Å². The van der Waals surface area contributed by atoms with Crippen LogP contribution >= 0.6 is 11.6 Å². The van der Waals surface area contributed by atoms with Crippen molar-refractivity contribution in [2.75, 3.05) is 13.2 Å². The van der Waals surface area contributed by atoms with E-state index in [0.717, 1.165) is 53.2 Å². The summed E-state index contributed by atoms with van der Waals surface area (Å²) in [5, 5.41) is 13.6. The normalized spacial score (nSPS) is 17.0. The number of rotatable bonds is 10. The van der Waals surface area contributed by atoms with Gasteiger partial charge in [0.2, 0.25) is 0 Å². The van der Waals surface area contributed by atoms with Crippen LogP contribution in [0.2, 0.25) is 5.02 Å². The number of pyridine rings is 1. The molecule has 1 aromatic heterocycles. The summed E-state index contributed by atoms with van der Waals surface area (Å²) >= 11 is 6.52. The molecule has 2 fully saturated rings. The third kappa shape index (κ3) is 6.64. The van der Waals surface area contributed by atoms with Crippen molar-refractivity contribution in [2.45, 2.75) is 44.4 Å². The van der Waals surface area contributed by atoms with Crippen LogP contribution in [0.4, 0.5) is 0 Å². The second-order valence-electron chi connectivity index (χ2n) is 9.07. The average molecular weight is 500 g/mol. The number of hydrazone groups is 1. The number of hydrazine groups is 1. The van der Waals surface area contributed by atoms with E-state index < -0.39 is 12.5 Å². The molecule has 0 aliphatic heterocycles. The number of carboxylic acids is 1. The lowest BCUT2D eigenvalue weighted by molar-refractivity contribution is -0.138. The van der Waals surface area contributed by atoms with Gasteiger partial charge in [0.15, 0.2) is 12.4 Å². The summed E-state index contributed by atoms with van der Waals surface area (Å²) in [5.74, 6) is 5.56. The van der Waals surface area contributed by atoms with E-state index in [9.17, 15) is 9.59 Å². The van der Waals surface area contributed by atoms with Crippen LogP contribution < -0.4 is 21.9 Å². The van der Waals surface area contributed by atoms with Crippen molar-refractivity contribution in [3.05, 3.63) is 68.6 Å². The van der Waals surface area contributed by atoms with Gasteiger partial charge >= 0.3 is 5.97 Å². The van der Waals surface area contributed by atoms with Crippen molar-refractivity contribution >= 4 is 29.0 Å². The summed E-state index contributed by atoms with van der Waals surface area (Å²) in [4.78, 5) is 26.5. The Bertz CT molecular complexity index is 1200. The molecule has 0 unspecified atom stereocenters. The fraction of sp³-hybridized carbons (Fsp3) is 0.400. The highest BCUT2D eigenvalue weighted by atomic mass is 35.5. The lowest BCUT2D eigenvalue weighted by Crippen LogP contribution is -2.35. The third-order valence-corrected chi connectivity index (χ3v) is 6.52. The van der Waals surface area contributed by atoms with E-state index in [2.05, 4.69) is 16.2 Å². The minimum Gasteiger partial charge on any atom is -0.484 e. The fourth-order valence-corrected chi connectivity index (χ4v) is 4.60. The van der Waals surface area contributed by atoms with Gasteiger partial charge in [-0.15, -0.1) is 5.10 Å². The third-order valence-electron chi connectivity index (χ3n) is 6.22. The summed E-state index contributed by atoms with van der Waals surface area (Å²) < 4.78 is 5.65. The Morgan fingerprint density at radius 2 is 1.97 bits per heavy atom. The number of aromatic nitrogens is 1. The molecule has 1 heterocycles. The van der Waals surface area contributed by atoms with Crippen LogP contribution in [-0.2, 0) is 4.79 Å². The monoisotopic (exact) mass is 499 g/mol. The van der Waals surface area contributed by atoms with E-state index in [0.29, 0.717) is 22.6 Å². The van der Waals surface area contributed by atoms with E-state index in [4.69, 9.17) is 33.0 Å². The highest BCUT2D eigenvalue weighted by Crippen LogP contribution is 2.39. The smallest absolute Gasteiger partial charge is 0.326 e. The van der Waals surface area contributed by atoms with E-state index >= 15 is 0 Å². The Hall–Kier alpha value is -3.30. The number of nitrogens with one attached hydrogen (secondary N) is 1. The summed E-state index contributed by atoms with van der Waals surface area (Å²) in [6.07, 6.45) is 9.04. The molecule has 0 saturated heterocycles. The van der Waals surface area contributed by atoms with E-state index in [1.807, 2.05) is 18.2 Å². The molecule has 6 N–H and O–H groups in total. The standard InChI is InChI=1S/C25H30ClN5O4/c26-20-12-17(7-10-22(20)35-14-23(27)30-31(28)13-24(32)33)19(11-15-3-1-2-4-15)21-9-8-18(16-5-6-16)25(34)29-21/h7-12,15-16H,1-6,13-14,28H2,(H2,27,30)(H,29,34)(H,32,33)/b19-11+. The molecule has 2 saturated carbocycles. The maximum Gasteiger partial charge on any atom is 0.326 e. The first-order valence-corrected chi connectivity index (χ1v) is 12.1. The van der Waals surface area contributed by atoms with Crippen LogP contribution in [0.15, 0.2) is 46.3 Å². The molecule has 2 aromatic rings. The molecule has 0 bridgehead atoms. The van der Waals surface area contributed by atoms with Crippen LogP contribution in [0.25, 0.3) is 5.57 Å². The van der Waals surface area contributed by atoms with Crippen molar-refractivity contribution in [3.8, 4) is 5.75 Å². The van der Waals surface area contributed by atoms with E-state index in [-0.39, 0.29) is 18.0 Å². The highest BCUT2D eigenvalue weighted by molar-refractivity contribution is 6.32. The molecule has 2 aliphatic rings. The molecule has 1 aromatic carbocycles. The molecule has 0 radical (unpaired) electrons. The Balaban J connectivity index is 1.55. The van der Waals surface area contributed by atoms with Gasteiger partial charge in [-0.3, -0.25) is 9.59 Å². The Labute approximate surface area is 208 Å². The first kappa shape index (κ1) is 24.8. The van der Waals surface area contributed by atoms with Gasteiger partial charge in [-0.1, -0.05) is 42.7 Å². The van der Waals surface area contributed by atoms with Gasteiger partial charge < -0.3 is 20.6 Å². The van der Waals surface area contributed by atoms with Gasteiger partial charge in [-0.2, -0.15) is 0 Å². The number of ether oxygens (including phenoxy) is 1. The summed E-state index contributed by atoms with van der Waals surface area (Å²) in [6.45, 7) is -0.608. The van der Waals surface area contributed by atoms with Crippen LogP contribution in [0.3, 0.4) is 0 Å². The minimum atomic E-state index is -1.13. The highest BCUT2D eigenvalue weighted by Gasteiger charge is 2.26. The predicted molar refractivity (Wildman–Crippen MR) is 135 cm³/mol. The summed E-state index contributed by atoms with van der Waals surface area (Å²) in [5.41, 5.74) is 9.19. The number of halogens is 1. The Kier molecular flexibility index (Phi) is 7.77. The predicted octanol–water partition coefficient (Wildman–Crippen LogP) is 3.44. The number of allylic oxidation sites excluding steroid dienone is 1. The van der Waals surface area contributed by atoms with Gasteiger partial charge in [0.25, 0.3) is 5.56 Å². The molecule has 0 atom stereocenters. The number of aliphatic carboxylic acids is 1. The molecule has 2 aliphatic carbocycles. The number of nitrogens with zero attached hydrogens (tertiary/aromatic N) is 2. The molecule has 9 nitrogen and oxygen atoms in total. The van der Waals surface area contributed by atoms with Crippen LogP contribution in [0.5, 0.6) is 5.75 Å². The summed E-state index contributed by atoms with van der Waals surface area (Å²) in [7, 11) is 0. The number of carbonyl (C=O) groups is 1. The number of benzene rings is 1. The molecule has 10 heteroatoms. The van der Waals surface area contributed by atoms with Crippen LogP contribution in [0, 0.1) is 5.92 Å². The Morgan fingerprint density at radius 3 is 2.60 bits per heavy atom. The largest absolute Gasteiger partial charge is 0.484 e. The maximum atomic E-state index is 12.7. The number of hydrogen-bond acceptors (Lipinski definition) is 6. The number of H-pyrrole nitrogens is 1. The van der Waals surface area contributed by atoms with Gasteiger partial charge in [0, 0.05) is 16.8 Å². The van der Waals surface area contributed by atoms with Crippen LogP contribution in [0.1, 0.15) is 61.3 Å². The Morgan fingerprint density at radius 1 is 1.23 bits per heavy atom. The summed E-state index contributed by atoms with van der Waals surface area (Å²) in [6, 6.07) is 9.36. The molecule has 186 valence electrons. The van der Waals surface area contributed by atoms with Crippen molar-refractivity contribution in [3.63, 3.8) is 0 Å². The van der Waals surface area contributed by atoms with Gasteiger partial charge in [-0.25, -0.2) is 11.0 Å². The van der Waals surface area contributed by atoms with Gasteiger partial charge in [0.1, 0.15) is 12.4 Å². The average Bonchev–Trinajstić information content (AvgIpc) is 3.50. The topological polar surface area (TPSA) is 147 Å². The van der Waals surface area contributed by atoms with Crippen molar-refractivity contribution in [1.29, 1.82) is 0 Å². The SMILES string of the molecule is NC(COc1ccc(/C(=C\C2CCCC2)c2ccc(C3CC3)c(=O)[nH]2)cc1Cl)=NN(N)CC(=O)O. The first-order chi connectivity index (χ1) is 16.8. The molecule has 0 spiro atoms. The van der Waals surface area contributed by atoms with Crippen molar-refractivity contribution < 1.29 is 14.6 Å². The van der Waals surface area contributed by atoms with Crippen molar-refractivity contribution in [2.24, 2.45) is 22.6 Å². The molecule has 4 rings (SSSR count). The zero-order valence-corrected chi connectivity index (χ0v) is 20.1. The first-order valence-electron chi connectivity index (χ1n) is 11.7. The number of amidine groups is 1. The van der Waals surface area contributed by atoms with E-state index in [1.54, 1.807) is 12.1 Å². The lowest BCUT2D eigenvalue weighted by atomic mass is 9.95.